The second kappa shape index (κ2) is 14.6. The molecule has 2 aliphatic rings. The number of nitrogens with two attached hydrogens (primary N) is 1. The van der Waals surface area contributed by atoms with Crippen molar-refractivity contribution in [3.8, 4) is 28.6 Å². The van der Waals surface area contributed by atoms with Crippen LogP contribution in [-0.4, -0.2) is 57.8 Å². The quantitative estimate of drug-likeness (QED) is 0.0726. The Morgan fingerprint density at radius 3 is 1.81 bits per heavy atom. The van der Waals surface area contributed by atoms with Gasteiger partial charge in [-0.05, 0) is 72.5 Å². The molecule has 2 amide bonds. The zero-order valence-corrected chi connectivity index (χ0v) is 27.9. The Morgan fingerprint density at radius 2 is 1.28 bits per heavy atom. The van der Waals surface area contributed by atoms with E-state index in [9.17, 15) is 31.1 Å². The number of rotatable bonds is 11. The predicted octanol–water partition coefficient (Wildman–Crippen LogP) is 7.51. The van der Waals surface area contributed by atoms with Gasteiger partial charge in [0.25, 0.3) is 0 Å². The van der Waals surface area contributed by atoms with E-state index in [2.05, 4.69) is 40.2 Å². The molecule has 4 aromatic carbocycles. The van der Waals surface area contributed by atoms with Gasteiger partial charge in [0.2, 0.25) is 0 Å². The van der Waals surface area contributed by atoms with Crippen LogP contribution in [0, 0.1) is 0 Å². The van der Waals surface area contributed by atoms with Crippen molar-refractivity contribution in [1.82, 2.24) is 25.4 Å². The Labute approximate surface area is 303 Å². The molecule has 2 saturated carbocycles. The van der Waals surface area contributed by atoms with Gasteiger partial charge in [-0.1, -0.05) is 48.5 Å². The van der Waals surface area contributed by atoms with Crippen LogP contribution in [0.2, 0.25) is 0 Å². The molecule has 5 aromatic rings. The Hall–Kier alpha value is -6.39. The van der Waals surface area contributed by atoms with Gasteiger partial charge in [-0.3, -0.25) is 0 Å². The fourth-order valence-electron chi connectivity index (χ4n) is 5.89. The number of nitrogens with one attached hydrogen (secondary N) is 2. The van der Waals surface area contributed by atoms with Gasteiger partial charge in [0.05, 0.1) is 11.4 Å². The highest BCUT2D eigenvalue weighted by molar-refractivity contribution is 6.01. The molecule has 0 spiro atoms. The van der Waals surface area contributed by atoms with E-state index in [-0.39, 0.29) is 47.3 Å². The van der Waals surface area contributed by atoms with Crippen molar-refractivity contribution in [2.45, 2.75) is 49.5 Å². The third-order valence-electron chi connectivity index (χ3n) is 8.75. The standard InChI is InChI=1S/C37H30F6N8O3/c38-36(39,40)53-27-13-9-25(10-14-27)45-19-46-33(44)23-5-1-21(2-6-23)29-17-31(29)48-35(52)49-32-18-30(32)22-3-7-24(8-4-22)34-47-20-51(50-34)26-11-15-28(16-12-26)54-37(41,42)43/h1-16,19-20,29-32H,17-18H2,(H2,44,45,46)(H2,48,49,52). The summed E-state index contributed by atoms with van der Waals surface area (Å²) in [6.45, 7) is 0. The molecule has 11 nitrogen and oxygen atoms in total. The van der Waals surface area contributed by atoms with Crippen LogP contribution in [0.4, 0.5) is 36.8 Å². The number of hydrogen-bond acceptors (Lipinski definition) is 6. The zero-order chi connectivity index (χ0) is 38.0. The third-order valence-corrected chi connectivity index (χ3v) is 8.75. The van der Waals surface area contributed by atoms with Gasteiger partial charge >= 0.3 is 18.8 Å². The number of carbonyl (C=O) groups excluding carboxylic acids is 1. The summed E-state index contributed by atoms with van der Waals surface area (Å²) in [5, 5.41) is 10.5. The maximum absolute atomic E-state index is 12.8. The molecule has 0 radical (unpaired) electrons. The predicted molar refractivity (Wildman–Crippen MR) is 186 cm³/mol. The van der Waals surface area contributed by atoms with E-state index in [1.807, 2.05) is 48.5 Å². The molecule has 0 saturated heterocycles. The SMILES string of the molecule is NC(=NC=Nc1ccc(OC(F)(F)F)cc1)c1ccc(C2CC2NC(=O)NC2CC2c2ccc(-c3ncn(-c4ccc(OC(F)(F)F)cc4)n3)cc2)cc1. The van der Waals surface area contributed by atoms with Crippen LogP contribution in [0.3, 0.4) is 0 Å². The smallest absolute Gasteiger partial charge is 0.406 e. The van der Waals surface area contributed by atoms with Gasteiger partial charge in [0.15, 0.2) is 5.82 Å². The molecule has 4 unspecified atom stereocenters. The Kier molecular flexibility index (Phi) is 9.70. The summed E-state index contributed by atoms with van der Waals surface area (Å²) in [6.07, 6.45) is -5.25. The van der Waals surface area contributed by atoms with Crippen LogP contribution >= 0.6 is 0 Å². The van der Waals surface area contributed by atoms with Crippen LogP contribution in [-0.2, 0) is 0 Å². The number of amidine groups is 1. The van der Waals surface area contributed by atoms with Gasteiger partial charge in [-0.25, -0.2) is 24.4 Å². The van der Waals surface area contributed by atoms with E-state index in [0.717, 1.165) is 41.7 Å². The number of aliphatic imine (C=N–C) groups is 2. The number of hydrogen-bond donors (Lipinski definition) is 3. The van der Waals surface area contributed by atoms with Crippen molar-refractivity contribution in [3.63, 3.8) is 0 Å². The number of carbonyl (C=O) groups is 1. The maximum atomic E-state index is 12.8. The summed E-state index contributed by atoms with van der Waals surface area (Å²) in [6, 6.07) is 25.3. The number of halogens is 6. The van der Waals surface area contributed by atoms with Crippen LogP contribution in [0.5, 0.6) is 11.5 Å². The van der Waals surface area contributed by atoms with Gasteiger partial charge < -0.3 is 25.8 Å². The van der Waals surface area contributed by atoms with E-state index < -0.39 is 12.7 Å². The number of ether oxygens (including phenoxy) is 2. The molecule has 4 atom stereocenters. The fraction of sp³-hybridized carbons (Fsp3) is 0.216. The normalized spacial score (nSPS) is 19.7. The number of alkyl halides is 6. The lowest BCUT2D eigenvalue weighted by molar-refractivity contribution is -0.275. The lowest BCUT2D eigenvalue weighted by Crippen LogP contribution is -2.39. The van der Waals surface area contributed by atoms with Crippen LogP contribution in [0.15, 0.2) is 113 Å². The van der Waals surface area contributed by atoms with E-state index in [4.69, 9.17) is 5.73 Å². The molecule has 0 aliphatic heterocycles. The molecule has 17 heteroatoms. The van der Waals surface area contributed by atoms with E-state index in [0.29, 0.717) is 22.8 Å². The first-order chi connectivity index (χ1) is 25.8. The summed E-state index contributed by atoms with van der Waals surface area (Å²) < 4.78 is 83.5. The molecule has 7 rings (SSSR count). The minimum absolute atomic E-state index is 0.00234. The fourth-order valence-corrected chi connectivity index (χ4v) is 5.89. The van der Waals surface area contributed by atoms with Crippen LogP contribution in [0.25, 0.3) is 17.1 Å². The summed E-state index contributed by atoms with van der Waals surface area (Å²) in [5.41, 5.74) is 10.5. The number of aromatic nitrogens is 3. The minimum atomic E-state index is -4.77. The first kappa shape index (κ1) is 36.0. The Balaban J connectivity index is 0.847. The summed E-state index contributed by atoms with van der Waals surface area (Å²) >= 11 is 0. The topological polar surface area (TPSA) is 141 Å². The largest absolute Gasteiger partial charge is 0.573 e. The maximum Gasteiger partial charge on any atom is 0.573 e. The molecule has 278 valence electrons. The first-order valence-corrected chi connectivity index (χ1v) is 16.5. The molecular formula is C37H30F6N8O3. The number of urea groups is 1. The second-order valence-electron chi connectivity index (χ2n) is 12.6. The molecule has 2 fully saturated rings. The molecule has 1 heterocycles. The van der Waals surface area contributed by atoms with Gasteiger partial charge in [-0.2, -0.15) is 0 Å². The average Bonchev–Trinajstić information content (AvgIpc) is 4.02. The van der Waals surface area contributed by atoms with Crippen molar-refractivity contribution < 1.29 is 40.6 Å². The highest BCUT2D eigenvalue weighted by Gasteiger charge is 2.43. The Morgan fingerprint density at radius 1 is 0.759 bits per heavy atom. The average molecular weight is 749 g/mol. The molecule has 54 heavy (non-hydrogen) atoms. The monoisotopic (exact) mass is 748 g/mol. The number of amides is 2. The Bertz CT molecular complexity index is 2150. The van der Waals surface area contributed by atoms with Crippen LogP contribution in [0.1, 0.15) is 41.4 Å². The lowest BCUT2D eigenvalue weighted by atomic mass is 10.1. The van der Waals surface area contributed by atoms with E-state index in [1.54, 1.807) is 0 Å². The van der Waals surface area contributed by atoms with E-state index >= 15 is 0 Å². The zero-order valence-electron chi connectivity index (χ0n) is 27.9. The highest BCUT2D eigenvalue weighted by Crippen LogP contribution is 2.43. The van der Waals surface area contributed by atoms with Crippen molar-refractivity contribution in [2.24, 2.45) is 15.7 Å². The summed E-state index contributed by atoms with van der Waals surface area (Å²) in [7, 11) is 0. The van der Waals surface area contributed by atoms with Crippen LogP contribution < -0.4 is 25.8 Å². The van der Waals surface area contributed by atoms with E-state index in [1.165, 1.54) is 53.7 Å². The molecule has 1 aromatic heterocycles. The van der Waals surface area contributed by atoms with Crippen molar-refractivity contribution in [2.75, 3.05) is 0 Å². The number of nitrogens with zero attached hydrogens (tertiary/aromatic N) is 5. The second-order valence-corrected chi connectivity index (χ2v) is 12.6. The summed E-state index contributed by atoms with van der Waals surface area (Å²) in [5.74, 6) is 0.313. The lowest BCUT2D eigenvalue weighted by Gasteiger charge is -2.09. The van der Waals surface area contributed by atoms with Gasteiger partial charge in [-0.15, -0.1) is 31.4 Å². The number of benzene rings is 4. The molecular weight excluding hydrogens is 718 g/mol. The molecule has 0 bridgehead atoms. The van der Waals surface area contributed by atoms with Crippen molar-refractivity contribution in [3.05, 3.63) is 120 Å². The summed E-state index contributed by atoms with van der Waals surface area (Å²) in [4.78, 5) is 25.3. The van der Waals surface area contributed by atoms with Crippen molar-refractivity contribution in [1.29, 1.82) is 0 Å². The molecule has 4 N–H and O–H groups in total. The van der Waals surface area contributed by atoms with Gasteiger partial charge in [0.1, 0.15) is 30.0 Å². The molecule has 2 aliphatic carbocycles. The van der Waals surface area contributed by atoms with Gasteiger partial charge in [0, 0.05) is 35.0 Å². The first-order valence-electron chi connectivity index (χ1n) is 16.5. The third kappa shape index (κ3) is 9.33. The van der Waals surface area contributed by atoms with Crippen molar-refractivity contribution >= 4 is 23.9 Å². The minimum Gasteiger partial charge on any atom is -0.406 e. The highest BCUT2D eigenvalue weighted by atomic mass is 19.4.